The summed E-state index contributed by atoms with van der Waals surface area (Å²) >= 11 is 0. The average Bonchev–Trinajstić information content (AvgIpc) is 2.68. The first kappa shape index (κ1) is 17.4. The van der Waals surface area contributed by atoms with Gasteiger partial charge in [-0.3, -0.25) is 9.59 Å². The molecule has 4 nitrogen and oxygen atoms in total. The molecule has 3 aromatic rings. The molecule has 130 valence electrons. The highest BCUT2D eigenvalue weighted by molar-refractivity contribution is 6.15. The van der Waals surface area contributed by atoms with Crippen molar-refractivity contribution in [3.63, 3.8) is 0 Å². The lowest BCUT2D eigenvalue weighted by Crippen LogP contribution is -2.15. The fourth-order valence-corrected chi connectivity index (χ4v) is 2.60. The molecule has 0 saturated carbocycles. The zero-order valence-electron chi connectivity index (χ0n) is 14.7. The van der Waals surface area contributed by atoms with E-state index < -0.39 is 0 Å². The minimum atomic E-state index is -0.277. The van der Waals surface area contributed by atoms with Crippen molar-refractivity contribution in [3.8, 4) is 5.75 Å². The van der Waals surface area contributed by atoms with Crippen LogP contribution in [0.25, 0.3) is 0 Å². The molecule has 0 aromatic heterocycles. The van der Waals surface area contributed by atoms with Crippen molar-refractivity contribution >= 4 is 17.4 Å². The van der Waals surface area contributed by atoms with Crippen LogP contribution in [0, 0.1) is 6.92 Å². The van der Waals surface area contributed by atoms with Crippen LogP contribution in [0.2, 0.25) is 0 Å². The Morgan fingerprint density at radius 3 is 2.19 bits per heavy atom. The molecule has 0 spiro atoms. The number of benzene rings is 3. The highest BCUT2D eigenvalue weighted by Crippen LogP contribution is 2.25. The Balaban J connectivity index is 1.95. The predicted octanol–water partition coefficient (Wildman–Crippen LogP) is 4.49. The topological polar surface area (TPSA) is 55.4 Å². The molecule has 4 heteroatoms. The lowest BCUT2D eigenvalue weighted by molar-refractivity contribution is 0.102. The largest absolute Gasteiger partial charge is 0.497 e. The minimum absolute atomic E-state index is 0.160. The Morgan fingerprint density at radius 1 is 0.846 bits per heavy atom. The second-order valence-electron chi connectivity index (χ2n) is 5.93. The third-order valence-electron chi connectivity index (χ3n) is 4.07. The van der Waals surface area contributed by atoms with Crippen molar-refractivity contribution in [1.82, 2.24) is 0 Å². The normalized spacial score (nSPS) is 10.2. The zero-order chi connectivity index (χ0) is 18.5. The second kappa shape index (κ2) is 7.66. The third kappa shape index (κ3) is 3.81. The number of hydrogen-bond donors (Lipinski definition) is 1. The van der Waals surface area contributed by atoms with Crippen LogP contribution in [0.1, 0.15) is 31.8 Å². The van der Waals surface area contributed by atoms with E-state index in [4.69, 9.17) is 4.74 Å². The summed E-state index contributed by atoms with van der Waals surface area (Å²) in [6.07, 6.45) is 0. The van der Waals surface area contributed by atoms with Crippen LogP contribution in [-0.4, -0.2) is 18.8 Å². The summed E-state index contributed by atoms with van der Waals surface area (Å²) < 4.78 is 5.24. The van der Waals surface area contributed by atoms with Gasteiger partial charge in [-0.2, -0.15) is 0 Å². The molecule has 0 saturated heterocycles. The molecule has 0 aliphatic heterocycles. The molecule has 26 heavy (non-hydrogen) atoms. The van der Waals surface area contributed by atoms with Crippen LogP contribution >= 0.6 is 0 Å². The van der Waals surface area contributed by atoms with Gasteiger partial charge in [0.15, 0.2) is 5.78 Å². The number of nitrogens with one attached hydrogen (secondary N) is 1. The number of methoxy groups -OCH3 is 1. The molecular formula is C22H19NO3. The van der Waals surface area contributed by atoms with Gasteiger partial charge in [-0.15, -0.1) is 0 Å². The Labute approximate surface area is 152 Å². The molecule has 3 aromatic carbocycles. The lowest BCUT2D eigenvalue weighted by Gasteiger charge is -2.12. The molecular weight excluding hydrogens is 326 g/mol. The standard InChI is InChI=1S/C22H19NO3/c1-15-8-10-17(11-9-15)22(25)23-20-14-18(26-2)12-13-19(20)21(24)16-6-4-3-5-7-16/h3-14H,1-2H3,(H,23,25). The Kier molecular flexibility index (Phi) is 5.13. The van der Waals surface area contributed by atoms with Gasteiger partial charge in [0.1, 0.15) is 5.75 Å². The van der Waals surface area contributed by atoms with Crippen LogP contribution in [0.4, 0.5) is 5.69 Å². The van der Waals surface area contributed by atoms with E-state index in [1.165, 1.54) is 0 Å². The van der Waals surface area contributed by atoms with E-state index in [0.29, 0.717) is 28.1 Å². The second-order valence-corrected chi connectivity index (χ2v) is 5.93. The maximum Gasteiger partial charge on any atom is 0.255 e. The number of ketones is 1. The van der Waals surface area contributed by atoms with E-state index in [9.17, 15) is 9.59 Å². The van der Waals surface area contributed by atoms with Gasteiger partial charge in [0.25, 0.3) is 5.91 Å². The highest BCUT2D eigenvalue weighted by Gasteiger charge is 2.17. The summed E-state index contributed by atoms with van der Waals surface area (Å²) in [7, 11) is 1.54. The summed E-state index contributed by atoms with van der Waals surface area (Å²) in [5, 5.41) is 2.83. The van der Waals surface area contributed by atoms with Crippen molar-refractivity contribution in [2.24, 2.45) is 0 Å². The first-order valence-electron chi connectivity index (χ1n) is 8.24. The van der Waals surface area contributed by atoms with Crippen LogP contribution in [0.5, 0.6) is 5.75 Å². The SMILES string of the molecule is COc1ccc(C(=O)c2ccccc2)c(NC(=O)c2ccc(C)cc2)c1. The van der Waals surface area contributed by atoms with Crippen LogP contribution < -0.4 is 10.1 Å². The molecule has 1 N–H and O–H groups in total. The Hall–Kier alpha value is -3.40. The summed E-state index contributed by atoms with van der Waals surface area (Å²) in [6.45, 7) is 1.96. The van der Waals surface area contributed by atoms with Gasteiger partial charge in [0.05, 0.1) is 12.8 Å². The maximum absolute atomic E-state index is 12.8. The molecule has 3 rings (SSSR count). The van der Waals surface area contributed by atoms with Crippen molar-refractivity contribution in [2.45, 2.75) is 6.92 Å². The number of carbonyl (C=O) groups is 2. The van der Waals surface area contributed by atoms with Crippen LogP contribution in [-0.2, 0) is 0 Å². The fourth-order valence-electron chi connectivity index (χ4n) is 2.60. The third-order valence-corrected chi connectivity index (χ3v) is 4.07. The molecule has 0 unspecified atom stereocenters. The Bertz CT molecular complexity index is 931. The lowest BCUT2D eigenvalue weighted by atomic mass is 10.0. The molecule has 0 aliphatic carbocycles. The number of anilines is 1. The molecule has 0 atom stereocenters. The zero-order valence-corrected chi connectivity index (χ0v) is 14.7. The Morgan fingerprint density at radius 2 is 1.54 bits per heavy atom. The summed E-state index contributed by atoms with van der Waals surface area (Å²) in [5.41, 5.74) is 2.99. The van der Waals surface area contributed by atoms with Gasteiger partial charge in [0.2, 0.25) is 0 Å². The number of aryl methyl sites for hydroxylation is 1. The van der Waals surface area contributed by atoms with Gasteiger partial charge in [-0.05, 0) is 31.2 Å². The van der Waals surface area contributed by atoms with Crippen molar-refractivity contribution in [3.05, 3.63) is 95.1 Å². The van der Waals surface area contributed by atoms with Crippen molar-refractivity contribution in [1.29, 1.82) is 0 Å². The first-order valence-corrected chi connectivity index (χ1v) is 8.24. The van der Waals surface area contributed by atoms with E-state index in [2.05, 4.69) is 5.32 Å². The fraction of sp³-hybridized carbons (Fsp3) is 0.0909. The summed E-state index contributed by atoms with van der Waals surface area (Å²) in [5.74, 6) is 0.127. The van der Waals surface area contributed by atoms with Gasteiger partial charge < -0.3 is 10.1 Å². The van der Waals surface area contributed by atoms with E-state index in [0.717, 1.165) is 5.56 Å². The minimum Gasteiger partial charge on any atom is -0.497 e. The first-order chi connectivity index (χ1) is 12.6. The smallest absolute Gasteiger partial charge is 0.255 e. The van der Waals surface area contributed by atoms with Gasteiger partial charge in [-0.25, -0.2) is 0 Å². The highest BCUT2D eigenvalue weighted by atomic mass is 16.5. The van der Waals surface area contributed by atoms with Gasteiger partial charge in [-0.1, -0.05) is 48.0 Å². The quantitative estimate of drug-likeness (QED) is 0.693. The molecule has 0 aliphatic rings. The monoisotopic (exact) mass is 345 g/mol. The average molecular weight is 345 g/mol. The van der Waals surface area contributed by atoms with Crippen LogP contribution in [0.3, 0.4) is 0 Å². The summed E-state index contributed by atoms with van der Waals surface area (Å²) in [6, 6.07) is 21.2. The van der Waals surface area contributed by atoms with Crippen LogP contribution in [0.15, 0.2) is 72.8 Å². The molecule has 0 radical (unpaired) electrons. The van der Waals surface area contributed by atoms with Crippen molar-refractivity contribution in [2.75, 3.05) is 12.4 Å². The van der Waals surface area contributed by atoms with E-state index in [1.54, 1.807) is 61.7 Å². The molecule has 1 amide bonds. The van der Waals surface area contributed by atoms with E-state index >= 15 is 0 Å². The molecule has 0 fully saturated rings. The maximum atomic E-state index is 12.8. The van der Waals surface area contributed by atoms with Gasteiger partial charge >= 0.3 is 0 Å². The van der Waals surface area contributed by atoms with Crippen molar-refractivity contribution < 1.29 is 14.3 Å². The predicted molar refractivity (Wildman–Crippen MR) is 102 cm³/mol. The van der Waals surface area contributed by atoms with E-state index in [1.807, 2.05) is 25.1 Å². The molecule has 0 bridgehead atoms. The number of carbonyl (C=O) groups excluding carboxylic acids is 2. The number of amides is 1. The number of hydrogen-bond acceptors (Lipinski definition) is 3. The number of ether oxygens (including phenoxy) is 1. The van der Waals surface area contributed by atoms with Gasteiger partial charge in [0, 0.05) is 22.8 Å². The molecule has 0 heterocycles. The van der Waals surface area contributed by atoms with E-state index in [-0.39, 0.29) is 11.7 Å². The number of rotatable bonds is 5. The summed E-state index contributed by atoms with van der Waals surface area (Å²) in [4.78, 5) is 25.4.